The van der Waals surface area contributed by atoms with Crippen LogP contribution in [0.25, 0.3) is 0 Å². The second-order valence-electron chi connectivity index (χ2n) is 4.04. The Morgan fingerprint density at radius 1 is 1.06 bits per heavy atom. The minimum Gasteiger partial charge on any atom is -0.456 e. The monoisotopic (exact) mass is 228 g/mol. The van der Waals surface area contributed by atoms with Crippen molar-refractivity contribution in [1.82, 2.24) is 4.98 Å². The number of nitrogens with zero attached hydrogens (tertiary/aromatic N) is 1. The molecule has 2 aromatic rings. The highest BCUT2D eigenvalue weighted by Gasteiger charge is 2.00. The van der Waals surface area contributed by atoms with E-state index in [1.54, 1.807) is 6.20 Å². The normalized spacial score (nSPS) is 10.3. The molecule has 1 aromatic heterocycles. The maximum Gasteiger partial charge on any atom is 0.145 e. The molecule has 0 atom stereocenters. The molecule has 0 aliphatic carbocycles. The number of aryl methyl sites for hydroxylation is 2. The van der Waals surface area contributed by atoms with E-state index in [4.69, 9.17) is 10.5 Å². The van der Waals surface area contributed by atoms with Crippen LogP contribution in [0.5, 0.6) is 11.5 Å². The molecule has 1 heterocycles. The van der Waals surface area contributed by atoms with Gasteiger partial charge in [0.15, 0.2) is 0 Å². The van der Waals surface area contributed by atoms with Crippen molar-refractivity contribution in [2.75, 3.05) is 0 Å². The molecule has 88 valence electrons. The number of pyridine rings is 1. The molecule has 0 aliphatic rings. The van der Waals surface area contributed by atoms with Gasteiger partial charge in [-0.2, -0.15) is 0 Å². The average molecular weight is 228 g/mol. The van der Waals surface area contributed by atoms with Crippen molar-refractivity contribution >= 4 is 0 Å². The minimum atomic E-state index is 0.448. The molecule has 0 bridgehead atoms. The van der Waals surface area contributed by atoms with Crippen LogP contribution >= 0.6 is 0 Å². The van der Waals surface area contributed by atoms with E-state index < -0.39 is 0 Å². The van der Waals surface area contributed by atoms with Crippen LogP contribution in [-0.4, -0.2) is 4.98 Å². The number of hydrogen-bond donors (Lipinski definition) is 1. The first-order valence-corrected chi connectivity index (χ1v) is 5.59. The molecule has 3 nitrogen and oxygen atoms in total. The number of benzene rings is 1. The summed E-state index contributed by atoms with van der Waals surface area (Å²) in [7, 11) is 0. The van der Waals surface area contributed by atoms with Gasteiger partial charge in [0.2, 0.25) is 0 Å². The first-order chi connectivity index (χ1) is 8.19. The first-order valence-electron chi connectivity index (χ1n) is 5.59. The maximum absolute atomic E-state index is 5.71. The Labute approximate surface area is 101 Å². The molecule has 3 heteroatoms. The van der Waals surface area contributed by atoms with Gasteiger partial charge in [0.1, 0.15) is 11.5 Å². The summed E-state index contributed by atoms with van der Waals surface area (Å²) in [5.41, 5.74) is 8.82. The van der Waals surface area contributed by atoms with Crippen molar-refractivity contribution in [3.05, 3.63) is 53.3 Å². The first kappa shape index (κ1) is 11.6. The zero-order valence-electron chi connectivity index (χ0n) is 10.1. The van der Waals surface area contributed by atoms with Gasteiger partial charge in [-0.05, 0) is 49.2 Å². The third-order valence-electron chi connectivity index (χ3n) is 2.72. The van der Waals surface area contributed by atoms with E-state index in [-0.39, 0.29) is 0 Å². The molecule has 0 radical (unpaired) electrons. The number of ether oxygens (including phenoxy) is 1. The van der Waals surface area contributed by atoms with E-state index in [1.807, 2.05) is 30.3 Å². The molecule has 0 saturated heterocycles. The van der Waals surface area contributed by atoms with E-state index in [1.165, 1.54) is 11.1 Å². The second-order valence-corrected chi connectivity index (χ2v) is 4.04. The Hall–Kier alpha value is -1.87. The lowest BCUT2D eigenvalue weighted by molar-refractivity contribution is 0.479. The van der Waals surface area contributed by atoms with Gasteiger partial charge in [0.25, 0.3) is 0 Å². The van der Waals surface area contributed by atoms with Crippen molar-refractivity contribution in [3.8, 4) is 11.5 Å². The smallest absolute Gasteiger partial charge is 0.145 e. The molecule has 0 unspecified atom stereocenters. The summed E-state index contributed by atoms with van der Waals surface area (Å²) >= 11 is 0. The SMILES string of the molecule is Cc1ccc(Oc2ccc(CN)nc2)cc1C. The summed E-state index contributed by atoms with van der Waals surface area (Å²) in [4.78, 5) is 4.18. The molecule has 0 saturated carbocycles. The molecule has 0 spiro atoms. The van der Waals surface area contributed by atoms with Crippen molar-refractivity contribution in [3.63, 3.8) is 0 Å². The van der Waals surface area contributed by atoms with Gasteiger partial charge >= 0.3 is 0 Å². The van der Waals surface area contributed by atoms with Crippen LogP contribution in [-0.2, 0) is 6.54 Å². The summed E-state index contributed by atoms with van der Waals surface area (Å²) in [6.45, 7) is 4.60. The Kier molecular flexibility index (Phi) is 3.40. The summed E-state index contributed by atoms with van der Waals surface area (Å²) < 4.78 is 5.71. The third kappa shape index (κ3) is 2.82. The van der Waals surface area contributed by atoms with Crippen molar-refractivity contribution < 1.29 is 4.74 Å². The lowest BCUT2D eigenvalue weighted by Gasteiger charge is -2.07. The molecule has 17 heavy (non-hydrogen) atoms. The number of nitrogens with two attached hydrogens (primary N) is 1. The van der Waals surface area contributed by atoms with E-state index in [2.05, 4.69) is 18.8 Å². The van der Waals surface area contributed by atoms with Crippen molar-refractivity contribution in [2.45, 2.75) is 20.4 Å². The molecular formula is C14H16N2O. The van der Waals surface area contributed by atoms with E-state index >= 15 is 0 Å². The van der Waals surface area contributed by atoms with Crippen LogP contribution in [0.15, 0.2) is 36.5 Å². The van der Waals surface area contributed by atoms with E-state index in [0.717, 1.165) is 17.2 Å². The summed E-state index contributed by atoms with van der Waals surface area (Å²) in [5, 5.41) is 0. The highest BCUT2D eigenvalue weighted by atomic mass is 16.5. The van der Waals surface area contributed by atoms with Crippen molar-refractivity contribution in [2.24, 2.45) is 5.73 Å². The minimum absolute atomic E-state index is 0.448. The average Bonchev–Trinajstić information content (AvgIpc) is 2.35. The molecule has 0 amide bonds. The number of aromatic nitrogens is 1. The number of hydrogen-bond acceptors (Lipinski definition) is 3. The standard InChI is InChI=1S/C14H16N2O/c1-10-3-5-13(7-11(10)2)17-14-6-4-12(8-15)16-9-14/h3-7,9H,8,15H2,1-2H3. The van der Waals surface area contributed by atoms with Crippen LogP contribution in [0.4, 0.5) is 0 Å². The van der Waals surface area contributed by atoms with Crippen LogP contribution < -0.4 is 10.5 Å². The number of rotatable bonds is 3. The Morgan fingerprint density at radius 3 is 2.41 bits per heavy atom. The Balaban J connectivity index is 2.16. The molecule has 2 N–H and O–H groups in total. The van der Waals surface area contributed by atoms with Gasteiger partial charge in [0.05, 0.1) is 11.9 Å². The largest absolute Gasteiger partial charge is 0.456 e. The molecule has 2 rings (SSSR count). The molecule has 1 aromatic carbocycles. The molecular weight excluding hydrogens is 212 g/mol. The van der Waals surface area contributed by atoms with Gasteiger partial charge in [-0.3, -0.25) is 4.98 Å². The Morgan fingerprint density at radius 2 is 1.82 bits per heavy atom. The maximum atomic E-state index is 5.71. The highest BCUT2D eigenvalue weighted by Crippen LogP contribution is 2.22. The van der Waals surface area contributed by atoms with E-state index in [9.17, 15) is 0 Å². The van der Waals surface area contributed by atoms with Gasteiger partial charge in [0, 0.05) is 6.54 Å². The van der Waals surface area contributed by atoms with Gasteiger partial charge < -0.3 is 10.5 Å². The predicted molar refractivity (Wildman–Crippen MR) is 68.1 cm³/mol. The Bertz CT molecular complexity index is 506. The topological polar surface area (TPSA) is 48.1 Å². The van der Waals surface area contributed by atoms with Crippen molar-refractivity contribution in [1.29, 1.82) is 0 Å². The van der Waals surface area contributed by atoms with E-state index in [0.29, 0.717) is 6.54 Å². The fourth-order valence-electron chi connectivity index (χ4n) is 1.51. The lowest BCUT2D eigenvalue weighted by Crippen LogP contribution is -1.98. The zero-order valence-corrected chi connectivity index (χ0v) is 10.1. The summed E-state index contributed by atoms with van der Waals surface area (Å²) in [6, 6.07) is 9.78. The highest BCUT2D eigenvalue weighted by molar-refractivity contribution is 5.36. The zero-order chi connectivity index (χ0) is 12.3. The predicted octanol–water partition coefficient (Wildman–Crippen LogP) is 2.95. The van der Waals surface area contributed by atoms with Gasteiger partial charge in [-0.25, -0.2) is 0 Å². The molecule has 0 aliphatic heterocycles. The van der Waals surface area contributed by atoms with Crippen LogP contribution in [0.1, 0.15) is 16.8 Å². The lowest BCUT2D eigenvalue weighted by atomic mass is 10.1. The summed E-state index contributed by atoms with van der Waals surface area (Å²) in [5.74, 6) is 1.56. The fourth-order valence-corrected chi connectivity index (χ4v) is 1.51. The van der Waals surface area contributed by atoms with Gasteiger partial charge in [-0.15, -0.1) is 0 Å². The second kappa shape index (κ2) is 4.97. The summed E-state index contributed by atoms with van der Waals surface area (Å²) in [6.07, 6.45) is 1.69. The third-order valence-corrected chi connectivity index (χ3v) is 2.72. The quantitative estimate of drug-likeness (QED) is 0.878. The fraction of sp³-hybridized carbons (Fsp3) is 0.214. The van der Waals surface area contributed by atoms with Crippen LogP contribution in [0.3, 0.4) is 0 Å². The molecule has 0 fully saturated rings. The van der Waals surface area contributed by atoms with Gasteiger partial charge in [-0.1, -0.05) is 6.07 Å². The van der Waals surface area contributed by atoms with Crippen LogP contribution in [0.2, 0.25) is 0 Å². The van der Waals surface area contributed by atoms with Crippen LogP contribution in [0, 0.1) is 13.8 Å².